The molecule has 9 rings (SSSR count). The van der Waals surface area contributed by atoms with Gasteiger partial charge in [0.1, 0.15) is 0 Å². The molecule has 0 amide bonds. The number of aromatic nitrogens is 2. The molecule has 9 aromatic rings. The Morgan fingerprint density at radius 3 is 1.47 bits per heavy atom. The first-order valence-corrected chi connectivity index (χ1v) is 20.4. The molecule has 0 aliphatic carbocycles. The quantitative estimate of drug-likeness (QED) is 0.128. The third-order valence-corrected chi connectivity index (χ3v) is 11.6. The van der Waals surface area contributed by atoms with Gasteiger partial charge in [0.25, 0.3) is 0 Å². The fourth-order valence-electron chi connectivity index (χ4n) is 8.59. The fourth-order valence-corrected chi connectivity index (χ4v) is 8.59. The summed E-state index contributed by atoms with van der Waals surface area (Å²) in [6, 6.07) is 62.0. The van der Waals surface area contributed by atoms with Gasteiger partial charge < -0.3 is 14.0 Å². The van der Waals surface area contributed by atoms with E-state index in [0.29, 0.717) is 5.92 Å². The first kappa shape index (κ1) is 36.7. The van der Waals surface area contributed by atoms with Crippen LogP contribution in [0.1, 0.15) is 45.2 Å². The molecule has 0 radical (unpaired) electrons. The molecule has 2 aromatic heterocycles. The number of hydrogen-bond acceptors (Lipinski definition) is 2. The average molecular weight is 753 g/mol. The smallest absolute Gasteiger partial charge is 0.0788 e. The molecule has 0 saturated carbocycles. The van der Waals surface area contributed by atoms with Crippen molar-refractivity contribution in [1.29, 1.82) is 0 Å². The van der Waals surface area contributed by atoms with Gasteiger partial charge in [-0.3, -0.25) is 4.99 Å². The predicted molar refractivity (Wildman–Crippen MR) is 250 cm³/mol. The Hall–Kier alpha value is -6.91. The maximum atomic E-state index is 4.26. The van der Waals surface area contributed by atoms with Crippen molar-refractivity contribution in [2.45, 2.75) is 34.1 Å². The molecule has 58 heavy (non-hydrogen) atoms. The Kier molecular flexibility index (Phi) is 9.85. The molecule has 0 atom stereocenters. The predicted octanol–water partition coefficient (Wildman–Crippen LogP) is 14.6. The van der Waals surface area contributed by atoms with Crippen LogP contribution in [0.25, 0.3) is 66.3 Å². The van der Waals surface area contributed by atoms with E-state index in [9.17, 15) is 0 Å². The van der Waals surface area contributed by atoms with Crippen molar-refractivity contribution in [1.82, 2.24) is 9.13 Å². The maximum Gasteiger partial charge on any atom is 0.0788 e. The second kappa shape index (κ2) is 15.6. The number of rotatable bonds is 10. The van der Waals surface area contributed by atoms with E-state index in [1.807, 2.05) is 13.3 Å². The van der Waals surface area contributed by atoms with Gasteiger partial charge in [-0.15, -0.1) is 0 Å². The zero-order chi connectivity index (χ0) is 39.8. The summed E-state index contributed by atoms with van der Waals surface area (Å²) in [5.74, 6) is 0.328. The van der Waals surface area contributed by atoms with Gasteiger partial charge in [0.15, 0.2) is 0 Å². The van der Waals surface area contributed by atoms with Gasteiger partial charge in [-0.2, -0.15) is 0 Å². The minimum Gasteiger partial charge on any atom is -0.310 e. The van der Waals surface area contributed by atoms with E-state index in [4.69, 9.17) is 0 Å². The number of para-hydroxylation sites is 4. The van der Waals surface area contributed by atoms with Crippen LogP contribution in [0.3, 0.4) is 0 Å². The minimum atomic E-state index is 0.328. The van der Waals surface area contributed by atoms with Crippen LogP contribution in [0.5, 0.6) is 0 Å². The lowest BCUT2D eigenvalue weighted by atomic mass is 9.95. The molecule has 0 bridgehead atoms. The molecule has 284 valence electrons. The van der Waals surface area contributed by atoms with Gasteiger partial charge in [0.2, 0.25) is 0 Å². The number of hydrogen-bond donors (Lipinski definition) is 0. The molecule has 0 saturated heterocycles. The van der Waals surface area contributed by atoms with Crippen molar-refractivity contribution in [3.8, 4) is 11.4 Å². The van der Waals surface area contributed by atoms with Gasteiger partial charge >= 0.3 is 0 Å². The maximum absolute atomic E-state index is 4.26. The monoisotopic (exact) mass is 752 g/mol. The van der Waals surface area contributed by atoms with Gasteiger partial charge in [0, 0.05) is 57.6 Å². The first-order chi connectivity index (χ1) is 28.5. The van der Waals surface area contributed by atoms with Gasteiger partial charge in [-0.1, -0.05) is 118 Å². The van der Waals surface area contributed by atoms with Gasteiger partial charge in [0.05, 0.1) is 27.8 Å². The highest BCUT2D eigenvalue weighted by molar-refractivity contribution is 6.24. The van der Waals surface area contributed by atoms with Crippen molar-refractivity contribution < 1.29 is 0 Å². The summed E-state index contributed by atoms with van der Waals surface area (Å²) in [5.41, 5.74) is 15.5. The summed E-state index contributed by atoms with van der Waals surface area (Å²) in [6.45, 7) is 9.10. The Morgan fingerprint density at radius 1 is 0.569 bits per heavy atom. The minimum absolute atomic E-state index is 0.328. The van der Waals surface area contributed by atoms with E-state index in [1.165, 1.54) is 71.6 Å². The molecule has 7 aromatic carbocycles. The Morgan fingerprint density at radius 2 is 1.02 bits per heavy atom. The van der Waals surface area contributed by atoms with E-state index >= 15 is 0 Å². The molecule has 0 unspecified atom stereocenters. The standard InChI is InChI=1S/C54H48N4/c1-6-39(33-34-55-5)40-27-31-50-48(35-40)46-29-30-47-49-36-41(52(38(4)37(2)3)56(42-19-11-7-12-20-42)43-21-13-8-14-22-43)28-32-51(49)58(45-25-17-10-18-26-45)54(47)53(46)57(50)44-23-15-9-16-24-44/h7-37H,6H2,1-5H3/b39-33+,52-38?,55-34?. The number of aliphatic imine (C=N–C) groups is 1. The molecular formula is C54H48N4. The van der Waals surface area contributed by atoms with Crippen LogP contribution in [0.4, 0.5) is 11.4 Å². The molecule has 0 aliphatic rings. The molecule has 2 heterocycles. The number of benzene rings is 7. The summed E-state index contributed by atoms with van der Waals surface area (Å²) < 4.78 is 4.95. The summed E-state index contributed by atoms with van der Waals surface area (Å²) in [6.07, 6.45) is 4.96. The largest absolute Gasteiger partial charge is 0.310 e. The van der Waals surface area contributed by atoms with Crippen LogP contribution in [0.15, 0.2) is 186 Å². The Balaban J connectivity index is 1.40. The fraction of sp³-hybridized carbons (Fsp3) is 0.130. The summed E-state index contributed by atoms with van der Waals surface area (Å²) in [7, 11) is 1.83. The van der Waals surface area contributed by atoms with Crippen LogP contribution in [0.2, 0.25) is 0 Å². The normalized spacial score (nSPS) is 12.8. The van der Waals surface area contributed by atoms with Crippen molar-refractivity contribution in [3.05, 3.63) is 193 Å². The zero-order valence-electron chi connectivity index (χ0n) is 33.9. The van der Waals surface area contributed by atoms with Crippen LogP contribution in [0, 0.1) is 5.92 Å². The molecule has 0 spiro atoms. The zero-order valence-corrected chi connectivity index (χ0v) is 33.9. The number of allylic oxidation sites excluding steroid dienone is 3. The van der Waals surface area contributed by atoms with Crippen molar-refractivity contribution in [2.24, 2.45) is 10.9 Å². The van der Waals surface area contributed by atoms with Crippen molar-refractivity contribution in [3.63, 3.8) is 0 Å². The van der Waals surface area contributed by atoms with E-state index < -0.39 is 0 Å². The highest BCUT2D eigenvalue weighted by Crippen LogP contribution is 2.44. The molecule has 0 fully saturated rings. The van der Waals surface area contributed by atoms with Crippen LogP contribution < -0.4 is 4.90 Å². The SMILES string of the molecule is CC/C(=C\C=NC)c1ccc2c(c1)c1ccc3c4cc(C(=C(C)C(C)C)N(c5ccccc5)c5ccccc5)ccc4n(-c4ccccc4)c3c1n2-c1ccccc1. The number of fused-ring (bicyclic) bond motifs is 7. The topological polar surface area (TPSA) is 25.5 Å². The molecule has 4 heteroatoms. The Labute approximate surface area is 341 Å². The third kappa shape index (κ3) is 6.31. The van der Waals surface area contributed by atoms with Gasteiger partial charge in [-0.25, -0.2) is 0 Å². The number of anilines is 2. The second-order valence-corrected chi connectivity index (χ2v) is 15.3. The van der Waals surface area contributed by atoms with Crippen LogP contribution >= 0.6 is 0 Å². The third-order valence-electron chi connectivity index (χ3n) is 11.6. The second-order valence-electron chi connectivity index (χ2n) is 15.3. The molecular weight excluding hydrogens is 705 g/mol. The van der Waals surface area contributed by atoms with Crippen LogP contribution in [-0.2, 0) is 0 Å². The van der Waals surface area contributed by atoms with Crippen molar-refractivity contribution >= 4 is 72.5 Å². The van der Waals surface area contributed by atoms with E-state index in [1.54, 1.807) is 0 Å². The average Bonchev–Trinajstić information content (AvgIpc) is 3.79. The lowest BCUT2D eigenvalue weighted by molar-refractivity contribution is 0.769. The summed E-state index contributed by atoms with van der Waals surface area (Å²) in [5, 5.41) is 4.89. The lowest BCUT2D eigenvalue weighted by Gasteiger charge is -2.31. The van der Waals surface area contributed by atoms with E-state index in [0.717, 1.165) is 29.2 Å². The summed E-state index contributed by atoms with van der Waals surface area (Å²) >= 11 is 0. The highest BCUT2D eigenvalue weighted by atomic mass is 15.2. The van der Waals surface area contributed by atoms with Crippen LogP contribution in [-0.4, -0.2) is 22.4 Å². The first-order valence-electron chi connectivity index (χ1n) is 20.4. The summed E-state index contributed by atoms with van der Waals surface area (Å²) in [4.78, 5) is 6.69. The number of nitrogens with zero attached hydrogens (tertiary/aromatic N) is 4. The molecule has 0 aliphatic heterocycles. The van der Waals surface area contributed by atoms with Gasteiger partial charge in [-0.05, 0) is 120 Å². The van der Waals surface area contributed by atoms with Crippen molar-refractivity contribution in [2.75, 3.05) is 11.9 Å². The van der Waals surface area contributed by atoms with E-state index in [-0.39, 0.29) is 0 Å². The molecule has 4 nitrogen and oxygen atoms in total. The molecule has 0 N–H and O–H groups in total. The lowest BCUT2D eigenvalue weighted by Crippen LogP contribution is -2.18. The highest BCUT2D eigenvalue weighted by Gasteiger charge is 2.25. The van der Waals surface area contributed by atoms with E-state index in [2.05, 4.69) is 223 Å². The Bertz CT molecular complexity index is 2960.